The maximum atomic E-state index is 13.0. The second kappa shape index (κ2) is 6.81. The molecule has 13 heteroatoms. The number of nitrogen functional groups attached to an aromatic ring is 2. The molecule has 0 aliphatic heterocycles. The fourth-order valence-electron chi connectivity index (χ4n) is 1.86. The molecular formula is C12H6Cl6N2O4S. The molecule has 2 rings (SSSR count). The largest absolute Gasteiger partial charge is 0.504 e. The molecule has 136 valence electrons. The third-order valence-electron chi connectivity index (χ3n) is 3.12. The highest BCUT2D eigenvalue weighted by Gasteiger charge is 2.36. The van der Waals surface area contributed by atoms with Crippen LogP contribution in [0.1, 0.15) is 0 Å². The van der Waals surface area contributed by atoms with E-state index in [9.17, 15) is 18.6 Å². The van der Waals surface area contributed by atoms with Gasteiger partial charge in [0.25, 0.3) is 0 Å². The SMILES string of the molecule is Nc1c(O)c(Cl)c(S(=O)(=O)c2c(Cl)c(O)c(N)c(Cl)c2Cl)c(Cl)c1Cl. The Kier molecular flexibility index (Phi) is 5.62. The number of phenolic OH excluding ortho intramolecular Hbond substituents is 2. The minimum atomic E-state index is -4.71. The van der Waals surface area contributed by atoms with E-state index < -0.39 is 72.6 Å². The number of nitrogens with two attached hydrogens (primary N) is 2. The molecule has 25 heavy (non-hydrogen) atoms. The summed E-state index contributed by atoms with van der Waals surface area (Å²) < 4.78 is 26.0. The maximum Gasteiger partial charge on any atom is 0.212 e. The molecule has 0 saturated carbocycles. The van der Waals surface area contributed by atoms with Gasteiger partial charge in [0.05, 0.1) is 31.5 Å². The van der Waals surface area contributed by atoms with E-state index in [0.29, 0.717) is 0 Å². The molecule has 0 heterocycles. The van der Waals surface area contributed by atoms with Crippen molar-refractivity contribution in [2.75, 3.05) is 11.5 Å². The Hall–Kier alpha value is -0.670. The fourth-order valence-corrected chi connectivity index (χ4v) is 5.99. The van der Waals surface area contributed by atoms with E-state index in [1.54, 1.807) is 0 Å². The van der Waals surface area contributed by atoms with Crippen LogP contribution in [0.4, 0.5) is 11.4 Å². The second-order valence-electron chi connectivity index (χ2n) is 4.57. The first-order chi connectivity index (χ1) is 11.4. The van der Waals surface area contributed by atoms with Gasteiger partial charge in [-0.25, -0.2) is 8.42 Å². The first kappa shape index (κ1) is 20.6. The van der Waals surface area contributed by atoms with Crippen molar-refractivity contribution < 1.29 is 18.6 Å². The molecule has 0 aliphatic carbocycles. The second-order valence-corrected chi connectivity index (χ2v) is 8.66. The Balaban J connectivity index is 3.02. The van der Waals surface area contributed by atoms with Crippen molar-refractivity contribution in [2.45, 2.75) is 9.79 Å². The summed E-state index contributed by atoms with van der Waals surface area (Å²) in [7, 11) is -4.71. The van der Waals surface area contributed by atoms with Crippen LogP contribution in [-0.4, -0.2) is 18.6 Å². The molecular weight excluding hydrogens is 481 g/mol. The summed E-state index contributed by atoms with van der Waals surface area (Å²) in [5.74, 6) is -1.62. The van der Waals surface area contributed by atoms with Crippen LogP contribution >= 0.6 is 69.6 Å². The van der Waals surface area contributed by atoms with Gasteiger partial charge in [0.15, 0.2) is 11.5 Å². The number of rotatable bonds is 2. The predicted molar refractivity (Wildman–Crippen MR) is 101 cm³/mol. The molecule has 0 saturated heterocycles. The predicted octanol–water partition coefficient (Wildman–Crippen LogP) is 5.02. The zero-order valence-corrected chi connectivity index (χ0v) is 16.9. The molecule has 0 aromatic heterocycles. The van der Waals surface area contributed by atoms with Gasteiger partial charge in [0.2, 0.25) is 9.84 Å². The van der Waals surface area contributed by atoms with Crippen LogP contribution < -0.4 is 11.5 Å². The average molecular weight is 487 g/mol. The first-order valence-electron chi connectivity index (χ1n) is 5.90. The van der Waals surface area contributed by atoms with Crippen molar-refractivity contribution in [3.63, 3.8) is 0 Å². The van der Waals surface area contributed by atoms with E-state index in [1.807, 2.05) is 0 Å². The number of halogens is 6. The Bertz CT molecular complexity index is 892. The minimum absolute atomic E-state index is 0.425. The van der Waals surface area contributed by atoms with Crippen molar-refractivity contribution in [3.8, 4) is 11.5 Å². The maximum absolute atomic E-state index is 13.0. The fraction of sp³-hybridized carbons (Fsp3) is 0. The van der Waals surface area contributed by atoms with Crippen molar-refractivity contribution in [2.24, 2.45) is 0 Å². The van der Waals surface area contributed by atoms with Gasteiger partial charge in [0.1, 0.15) is 19.8 Å². The number of anilines is 2. The lowest BCUT2D eigenvalue weighted by molar-refractivity contribution is 0.475. The highest BCUT2D eigenvalue weighted by molar-refractivity contribution is 7.92. The van der Waals surface area contributed by atoms with Gasteiger partial charge < -0.3 is 21.7 Å². The Morgan fingerprint density at radius 2 is 0.880 bits per heavy atom. The highest BCUT2D eigenvalue weighted by Crippen LogP contribution is 2.52. The summed E-state index contributed by atoms with van der Waals surface area (Å²) in [6.45, 7) is 0. The van der Waals surface area contributed by atoms with Crippen LogP contribution in [0, 0.1) is 0 Å². The zero-order valence-electron chi connectivity index (χ0n) is 11.5. The third-order valence-corrected chi connectivity index (χ3v) is 7.93. The molecule has 6 nitrogen and oxygen atoms in total. The number of benzene rings is 2. The van der Waals surface area contributed by atoms with Gasteiger partial charge in [-0.2, -0.15) is 0 Å². The van der Waals surface area contributed by atoms with Crippen LogP contribution in [-0.2, 0) is 9.84 Å². The third kappa shape index (κ3) is 3.02. The lowest BCUT2D eigenvalue weighted by Crippen LogP contribution is -2.08. The molecule has 2 aromatic carbocycles. The van der Waals surface area contributed by atoms with Crippen LogP contribution in [0.2, 0.25) is 30.1 Å². The van der Waals surface area contributed by atoms with Gasteiger partial charge in [0, 0.05) is 0 Å². The number of hydrogen-bond donors (Lipinski definition) is 4. The molecule has 0 radical (unpaired) electrons. The van der Waals surface area contributed by atoms with Crippen LogP contribution in [0.3, 0.4) is 0 Å². The Labute approximate surface area is 171 Å². The monoisotopic (exact) mass is 484 g/mol. The lowest BCUT2D eigenvalue weighted by atomic mass is 10.3. The van der Waals surface area contributed by atoms with Gasteiger partial charge in [-0.1, -0.05) is 69.6 Å². The van der Waals surface area contributed by atoms with Gasteiger partial charge in [-0.15, -0.1) is 0 Å². The van der Waals surface area contributed by atoms with Crippen molar-refractivity contribution >= 4 is 90.8 Å². The van der Waals surface area contributed by atoms with E-state index in [4.69, 9.17) is 81.1 Å². The molecule has 6 N–H and O–H groups in total. The van der Waals surface area contributed by atoms with Gasteiger partial charge in [-0.05, 0) is 0 Å². The average Bonchev–Trinajstić information content (AvgIpc) is 2.54. The quantitative estimate of drug-likeness (QED) is 0.268. The van der Waals surface area contributed by atoms with E-state index in [1.165, 1.54) is 0 Å². The summed E-state index contributed by atoms with van der Waals surface area (Å²) >= 11 is 35.2. The van der Waals surface area contributed by atoms with Crippen molar-refractivity contribution in [1.29, 1.82) is 0 Å². The topological polar surface area (TPSA) is 127 Å². The summed E-state index contributed by atoms with van der Waals surface area (Å²) in [4.78, 5) is -1.65. The molecule has 0 spiro atoms. The van der Waals surface area contributed by atoms with E-state index >= 15 is 0 Å². The lowest BCUT2D eigenvalue weighted by Gasteiger charge is -2.17. The standard InChI is InChI=1S/C12H6Cl6N2O4S/c13-1-3(15)11(5(17)9(21)7(1)19)25(23,24)12-4(16)2(14)8(20)10(22)6(12)18/h21-22H,19-20H2. The van der Waals surface area contributed by atoms with Crippen LogP contribution in [0.5, 0.6) is 11.5 Å². The molecule has 0 unspecified atom stereocenters. The summed E-state index contributed by atoms with van der Waals surface area (Å²) in [5, 5.41) is 16.2. The van der Waals surface area contributed by atoms with Crippen molar-refractivity contribution in [1.82, 2.24) is 0 Å². The summed E-state index contributed by atoms with van der Waals surface area (Å²) in [6, 6.07) is 0. The molecule has 0 aliphatic rings. The molecule has 0 fully saturated rings. The number of phenols is 2. The van der Waals surface area contributed by atoms with Gasteiger partial charge >= 0.3 is 0 Å². The number of sulfone groups is 1. The normalized spacial score (nSPS) is 11.8. The Morgan fingerprint density at radius 1 is 0.600 bits per heavy atom. The number of aromatic hydroxyl groups is 2. The zero-order chi connectivity index (χ0) is 19.4. The molecule has 0 bridgehead atoms. The van der Waals surface area contributed by atoms with Gasteiger partial charge in [-0.3, -0.25) is 0 Å². The van der Waals surface area contributed by atoms with E-state index in [-0.39, 0.29) is 0 Å². The van der Waals surface area contributed by atoms with Crippen LogP contribution in [0.25, 0.3) is 0 Å². The Morgan fingerprint density at radius 3 is 1.16 bits per heavy atom. The smallest absolute Gasteiger partial charge is 0.212 e. The molecule has 2 aromatic rings. The molecule has 0 amide bonds. The minimum Gasteiger partial charge on any atom is -0.504 e. The highest BCUT2D eigenvalue weighted by atomic mass is 35.5. The van der Waals surface area contributed by atoms with E-state index in [0.717, 1.165) is 0 Å². The summed E-state index contributed by atoms with van der Waals surface area (Å²) in [5.41, 5.74) is 10.1. The summed E-state index contributed by atoms with van der Waals surface area (Å²) in [6.07, 6.45) is 0. The first-order valence-corrected chi connectivity index (χ1v) is 9.65. The van der Waals surface area contributed by atoms with Crippen molar-refractivity contribution in [3.05, 3.63) is 30.1 Å². The van der Waals surface area contributed by atoms with E-state index in [2.05, 4.69) is 0 Å². The molecule has 0 atom stereocenters. The van der Waals surface area contributed by atoms with Crippen LogP contribution in [0.15, 0.2) is 9.79 Å². The number of hydrogen-bond acceptors (Lipinski definition) is 6.